The number of hydrogen-bond donors (Lipinski definition) is 2. The number of guanidine groups is 1. The normalized spacial score (nSPS) is 26.3. The fraction of sp³-hybridized carbons (Fsp3) is 0.950. The quantitative estimate of drug-likeness (QED) is 0.291. The van der Waals surface area contributed by atoms with Crippen molar-refractivity contribution in [2.45, 2.75) is 62.7 Å². The van der Waals surface area contributed by atoms with E-state index in [9.17, 15) is 8.42 Å². The summed E-state index contributed by atoms with van der Waals surface area (Å²) >= 11 is 0. The van der Waals surface area contributed by atoms with Crippen molar-refractivity contribution < 1.29 is 13.2 Å². The molecule has 1 aliphatic carbocycles. The Morgan fingerprint density at radius 2 is 1.90 bits per heavy atom. The topological polar surface area (TPSA) is 83.0 Å². The third-order valence-corrected chi connectivity index (χ3v) is 8.77. The Labute approximate surface area is 193 Å². The lowest BCUT2D eigenvalue weighted by atomic mass is 9.99. The first-order valence-electron chi connectivity index (χ1n) is 11.0. The highest BCUT2D eigenvalue weighted by atomic mass is 127. The molecule has 3 fully saturated rings. The van der Waals surface area contributed by atoms with Crippen LogP contribution < -0.4 is 10.6 Å². The Balaban J connectivity index is 0.00000300. The molecule has 2 heterocycles. The van der Waals surface area contributed by atoms with Crippen LogP contribution in [0.5, 0.6) is 0 Å². The average Bonchev–Trinajstić information content (AvgIpc) is 3.32. The number of nitrogens with one attached hydrogen (secondary N) is 2. The molecule has 2 saturated heterocycles. The highest BCUT2D eigenvalue weighted by Crippen LogP contribution is 2.30. The van der Waals surface area contributed by atoms with Crippen LogP contribution in [0, 0.1) is 5.92 Å². The minimum atomic E-state index is -3.20. The van der Waals surface area contributed by atoms with Gasteiger partial charge in [0.1, 0.15) is 0 Å². The van der Waals surface area contributed by atoms with Crippen LogP contribution in [0.15, 0.2) is 4.99 Å². The molecule has 29 heavy (non-hydrogen) atoms. The number of rotatable bonds is 7. The van der Waals surface area contributed by atoms with E-state index in [-0.39, 0.29) is 24.0 Å². The van der Waals surface area contributed by atoms with Gasteiger partial charge in [0.25, 0.3) is 0 Å². The summed E-state index contributed by atoms with van der Waals surface area (Å²) in [5.74, 6) is 1.62. The molecule has 170 valence electrons. The molecule has 0 amide bonds. The zero-order valence-corrected chi connectivity index (χ0v) is 21.1. The molecule has 0 aromatic carbocycles. The van der Waals surface area contributed by atoms with E-state index in [1.54, 1.807) is 0 Å². The third kappa shape index (κ3) is 6.93. The van der Waals surface area contributed by atoms with E-state index in [1.165, 1.54) is 38.5 Å². The van der Waals surface area contributed by atoms with Gasteiger partial charge in [0.15, 0.2) is 15.8 Å². The number of nitrogens with zero attached hydrogens (tertiary/aromatic N) is 2. The standard InChI is InChI=1S/C20H38N4O3S.HI/c1-3-21-19(22-16-20(28(2,25)26)9-12-27-13-10-20)23-18-8-11-24(15-18)14-17-6-4-5-7-17;/h17-18H,3-16H2,1-2H3,(H2,21,22,23);1H. The minimum absolute atomic E-state index is 0. The van der Waals surface area contributed by atoms with Gasteiger partial charge in [-0.3, -0.25) is 4.99 Å². The van der Waals surface area contributed by atoms with Crippen LogP contribution in [0.3, 0.4) is 0 Å². The van der Waals surface area contributed by atoms with Crippen LogP contribution in [0.4, 0.5) is 0 Å². The maximum absolute atomic E-state index is 12.5. The highest BCUT2D eigenvalue weighted by molar-refractivity contribution is 14.0. The number of aliphatic imine (C=N–C) groups is 1. The maximum atomic E-state index is 12.5. The molecule has 0 aromatic heterocycles. The molecular formula is C20H39IN4O3S. The Morgan fingerprint density at radius 3 is 2.52 bits per heavy atom. The van der Waals surface area contributed by atoms with E-state index in [2.05, 4.69) is 15.5 Å². The lowest BCUT2D eigenvalue weighted by Crippen LogP contribution is -2.49. The average molecular weight is 543 g/mol. The molecule has 2 aliphatic heterocycles. The molecule has 7 nitrogen and oxygen atoms in total. The van der Waals surface area contributed by atoms with Crippen molar-refractivity contribution in [3.63, 3.8) is 0 Å². The lowest BCUT2D eigenvalue weighted by molar-refractivity contribution is 0.0768. The van der Waals surface area contributed by atoms with Crippen LogP contribution in [0.2, 0.25) is 0 Å². The first kappa shape index (κ1) is 25.1. The van der Waals surface area contributed by atoms with Gasteiger partial charge in [-0.05, 0) is 44.9 Å². The maximum Gasteiger partial charge on any atom is 0.191 e. The monoisotopic (exact) mass is 542 g/mol. The van der Waals surface area contributed by atoms with Crippen molar-refractivity contribution in [3.05, 3.63) is 0 Å². The molecule has 1 atom stereocenters. The van der Waals surface area contributed by atoms with Gasteiger partial charge >= 0.3 is 0 Å². The second-order valence-electron chi connectivity index (χ2n) is 8.80. The summed E-state index contributed by atoms with van der Waals surface area (Å²) in [6.07, 6.45) is 9.05. The summed E-state index contributed by atoms with van der Waals surface area (Å²) in [7, 11) is -3.20. The van der Waals surface area contributed by atoms with E-state index in [1.807, 2.05) is 6.92 Å². The highest BCUT2D eigenvalue weighted by Gasteiger charge is 2.42. The predicted octanol–water partition coefficient (Wildman–Crippen LogP) is 2.02. The van der Waals surface area contributed by atoms with Gasteiger partial charge in [0.2, 0.25) is 0 Å². The fourth-order valence-electron chi connectivity index (χ4n) is 4.80. The molecule has 1 unspecified atom stereocenters. The third-order valence-electron chi connectivity index (χ3n) is 6.66. The summed E-state index contributed by atoms with van der Waals surface area (Å²) < 4.78 is 29.5. The summed E-state index contributed by atoms with van der Waals surface area (Å²) in [5, 5.41) is 6.85. The van der Waals surface area contributed by atoms with Crippen molar-refractivity contribution in [1.29, 1.82) is 0 Å². The molecule has 3 aliphatic rings. The summed E-state index contributed by atoms with van der Waals surface area (Å²) in [6, 6.07) is 0.378. The van der Waals surface area contributed by atoms with E-state index in [4.69, 9.17) is 9.73 Å². The molecule has 0 spiro atoms. The molecule has 1 saturated carbocycles. The molecule has 3 rings (SSSR count). The van der Waals surface area contributed by atoms with Gasteiger partial charge in [0.05, 0.1) is 11.3 Å². The van der Waals surface area contributed by atoms with E-state index >= 15 is 0 Å². The number of halogens is 1. The Morgan fingerprint density at radius 1 is 1.21 bits per heavy atom. The van der Waals surface area contributed by atoms with Gasteiger partial charge in [0, 0.05) is 51.7 Å². The van der Waals surface area contributed by atoms with E-state index in [0.29, 0.717) is 38.6 Å². The predicted molar refractivity (Wildman–Crippen MR) is 129 cm³/mol. The van der Waals surface area contributed by atoms with Crippen molar-refractivity contribution >= 4 is 39.8 Å². The first-order valence-corrected chi connectivity index (χ1v) is 12.9. The summed E-state index contributed by atoms with van der Waals surface area (Å²) in [6.45, 7) is 7.49. The number of sulfone groups is 1. The van der Waals surface area contributed by atoms with E-state index in [0.717, 1.165) is 37.9 Å². The second kappa shape index (κ2) is 11.5. The van der Waals surface area contributed by atoms with Crippen molar-refractivity contribution in [2.24, 2.45) is 10.9 Å². The smallest absolute Gasteiger partial charge is 0.191 e. The van der Waals surface area contributed by atoms with Gasteiger partial charge < -0.3 is 20.3 Å². The zero-order valence-electron chi connectivity index (χ0n) is 18.0. The van der Waals surface area contributed by atoms with Crippen LogP contribution in [0.1, 0.15) is 51.9 Å². The molecule has 0 radical (unpaired) electrons. The lowest BCUT2D eigenvalue weighted by Gasteiger charge is -2.34. The second-order valence-corrected chi connectivity index (χ2v) is 11.2. The minimum Gasteiger partial charge on any atom is -0.381 e. The SMILES string of the molecule is CCNC(=NCC1(S(C)(=O)=O)CCOCC1)NC1CCN(CC2CCCC2)C1.I. The largest absolute Gasteiger partial charge is 0.381 e. The van der Waals surface area contributed by atoms with Crippen LogP contribution in [0.25, 0.3) is 0 Å². The Bertz CT molecular complexity index is 632. The summed E-state index contributed by atoms with van der Waals surface area (Å²) in [4.78, 5) is 7.29. The zero-order chi connectivity index (χ0) is 20.0. The number of hydrogen-bond acceptors (Lipinski definition) is 5. The molecule has 9 heteroatoms. The first-order chi connectivity index (χ1) is 13.4. The number of ether oxygens (including phenoxy) is 1. The molecule has 0 aromatic rings. The van der Waals surface area contributed by atoms with Crippen LogP contribution >= 0.6 is 24.0 Å². The van der Waals surface area contributed by atoms with Crippen LogP contribution in [-0.2, 0) is 14.6 Å². The molecular weight excluding hydrogens is 503 g/mol. The van der Waals surface area contributed by atoms with Gasteiger partial charge in [-0.15, -0.1) is 24.0 Å². The number of likely N-dealkylation sites (tertiary alicyclic amines) is 1. The molecule has 0 bridgehead atoms. The van der Waals surface area contributed by atoms with E-state index < -0.39 is 14.6 Å². The van der Waals surface area contributed by atoms with Crippen LogP contribution in [-0.4, -0.2) is 82.3 Å². The van der Waals surface area contributed by atoms with Gasteiger partial charge in [-0.2, -0.15) is 0 Å². The van der Waals surface area contributed by atoms with Crippen molar-refractivity contribution in [2.75, 3.05) is 52.2 Å². The fourth-order valence-corrected chi connectivity index (χ4v) is 6.01. The Hall–Kier alpha value is -0.130. The van der Waals surface area contributed by atoms with Crippen molar-refractivity contribution in [1.82, 2.24) is 15.5 Å². The van der Waals surface area contributed by atoms with Gasteiger partial charge in [-0.1, -0.05) is 12.8 Å². The summed E-state index contributed by atoms with van der Waals surface area (Å²) in [5.41, 5.74) is 0. The Kier molecular flexibility index (Phi) is 9.95. The van der Waals surface area contributed by atoms with Crippen molar-refractivity contribution in [3.8, 4) is 0 Å². The molecule has 2 N–H and O–H groups in total. The van der Waals surface area contributed by atoms with Gasteiger partial charge in [-0.25, -0.2) is 8.42 Å².